The van der Waals surface area contributed by atoms with Crippen LogP contribution >= 0.6 is 9.90 Å². The topological polar surface area (TPSA) is 34.1 Å². The number of hydrogen-bond acceptors (Lipinski definition) is 2. The summed E-state index contributed by atoms with van der Waals surface area (Å²) >= 11 is 0. The van der Waals surface area contributed by atoms with E-state index in [1.807, 2.05) is 0 Å². The van der Waals surface area contributed by atoms with Crippen molar-refractivity contribution < 1.29 is 30.7 Å². The molecule has 0 aliphatic heterocycles. The number of carbonyl (C=O) groups excluding carboxylic acids is 2. The quantitative estimate of drug-likeness (QED) is 0.509. The second-order valence-electron chi connectivity index (χ2n) is 2.53. The van der Waals surface area contributed by atoms with Gasteiger partial charge in [-0.3, -0.25) is 4.79 Å². The van der Waals surface area contributed by atoms with E-state index in [0.717, 1.165) is 0 Å². The van der Waals surface area contributed by atoms with Crippen LogP contribution in [0.5, 0.6) is 0 Å². The van der Waals surface area contributed by atoms with E-state index in [0.29, 0.717) is 11.1 Å². The summed E-state index contributed by atoms with van der Waals surface area (Å²) in [5.74, 6) is -0.236. The summed E-state index contributed by atoms with van der Waals surface area (Å²) in [6.07, 6.45) is 2.59. The molecule has 0 heterocycles. The third-order valence-electron chi connectivity index (χ3n) is 1.78. The smallest absolute Gasteiger partial charge is 0.162 e. The van der Waals surface area contributed by atoms with E-state index in [2.05, 4.69) is 6.07 Å². The Morgan fingerprint density at radius 1 is 1.00 bits per heavy atom. The molecule has 1 aromatic rings. The van der Waals surface area contributed by atoms with Crippen LogP contribution < -0.4 is 0 Å². The first kappa shape index (κ1) is 13.4. The number of ketones is 2. The molecule has 0 aromatic heterocycles. The predicted octanol–water partition coefficient (Wildman–Crippen LogP) is 1.48. The Labute approximate surface area is 99.7 Å². The molecule has 0 spiro atoms. The number of fused-ring (bicyclic) bond motifs is 1. The number of allylic oxidation sites excluding steroid dienone is 2. The van der Waals surface area contributed by atoms with Crippen molar-refractivity contribution >= 4 is 21.5 Å². The number of rotatable bonds is 0. The van der Waals surface area contributed by atoms with E-state index in [1.54, 1.807) is 18.2 Å². The van der Waals surface area contributed by atoms with Crippen molar-refractivity contribution in [2.24, 2.45) is 0 Å². The van der Waals surface area contributed by atoms with Crippen molar-refractivity contribution in [2.45, 2.75) is 0 Å². The molecule has 0 amide bonds. The fourth-order valence-corrected chi connectivity index (χ4v) is 1.18. The summed E-state index contributed by atoms with van der Waals surface area (Å²) < 4.78 is 0. The van der Waals surface area contributed by atoms with Gasteiger partial charge in [0.1, 0.15) is 5.78 Å². The van der Waals surface area contributed by atoms with Gasteiger partial charge in [0.2, 0.25) is 0 Å². The van der Waals surface area contributed by atoms with E-state index in [9.17, 15) is 9.59 Å². The minimum atomic E-state index is -0.124. The Morgan fingerprint density at radius 2 is 1.57 bits per heavy atom. The molecular weight excluding hydrogens is 367 g/mol. The van der Waals surface area contributed by atoms with Crippen LogP contribution in [0, 0.1) is 6.07 Å². The zero-order valence-corrected chi connectivity index (χ0v) is 11.7. The SMILES string of the molecule is O=C1C=CC(=O)c2cc[c-]cc21.P.[W]. The maximum absolute atomic E-state index is 11.2. The second kappa shape index (κ2) is 5.34. The van der Waals surface area contributed by atoms with Crippen molar-refractivity contribution in [3.8, 4) is 0 Å². The molecule has 0 N–H and O–H groups in total. The molecule has 1 atom stereocenters. The molecule has 0 saturated carbocycles. The Balaban J connectivity index is 0.000000845. The van der Waals surface area contributed by atoms with Crippen molar-refractivity contribution in [3.05, 3.63) is 47.5 Å². The number of carbonyl (C=O) groups is 2. The maximum atomic E-state index is 11.2. The first-order chi connectivity index (χ1) is 5.79. The minimum absolute atomic E-state index is 0. The van der Waals surface area contributed by atoms with E-state index >= 15 is 0 Å². The van der Waals surface area contributed by atoms with Gasteiger partial charge in [-0.15, -0.1) is 0 Å². The van der Waals surface area contributed by atoms with E-state index in [4.69, 9.17) is 0 Å². The summed E-state index contributed by atoms with van der Waals surface area (Å²) in [7, 11) is 0. The first-order valence-electron chi connectivity index (χ1n) is 3.56. The zero-order chi connectivity index (χ0) is 8.55. The van der Waals surface area contributed by atoms with E-state index in [-0.39, 0.29) is 42.5 Å². The minimum Gasteiger partial charge on any atom is -0.304 e. The molecule has 2 nitrogen and oxygen atoms in total. The molecule has 4 heteroatoms. The molecule has 1 unspecified atom stereocenters. The molecular formula is C10H8O2PW-. The van der Waals surface area contributed by atoms with Gasteiger partial charge in [0.15, 0.2) is 5.78 Å². The van der Waals surface area contributed by atoms with Gasteiger partial charge < -0.3 is 4.79 Å². The Bertz CT molecular complexity index is 362. The molecule has 14 heavy (non-hydrogen) atoms. The van der Waals surface area contributed by atoms with Crippen molar-refractivity contribution in [3.63, 3.8) is 0 Å². The van der Waals surface area contributed by atoms with Gasteiger partial charge in [-0.05, 0) is 12.2 Å². The van der Waals surface area contributed by atoms with Crippen LogP contribution in [0.25, 0.3) is 0 Å². The average Bonchev–Trinajstić information content (AvgIpc) is 2.12. The maximum Gasteiger partial charge on any atom is 0.162 e. The summed E-state index contributed by atoms with van der Waals surface area (Å²) in [6, 6.07) is 7.54. The van der Waals surface area contributed by atoms with Crippen LogP contribution in [0.4, 0.5) is 0 Å². The second-order valence-corrected chi connectivity index (χ2v) is 2.53. The van der Waals surface area contributed by atoms with Crippen LogP contribution in [0.1, 0.15) is 20.7 Å². The van der Waals surface area contributed by atoms with Crippen molar-refractivity contribution in [1.82, 2.24) is 0 Å². The molecule has 0 bridgehead atoms. The summed E-state index contributed by atoms with van der Waals surface area (Å²) in [6.45, 7) is 0. The van der Waals surface area contributed by atoms with Gasteiger partial charge in [-0.2, -0.15) is 34.2 Å². The Morgan fingerprint density at radius 3 is 2.14 bits per heavy atom. The average molecular weight is 375 g/mol. The fourth-order valence-electron chi connectivity index (χ4n) is 1.18. The van der Waals surface area contributed by atoms with Crippen LogP contribution in [0.2, 0.25) is 0 Å². The normalized spacial score (nSPS) is 12.6. The van der Waals surface area contributed by atoms with Gasteiger partial charge in [0, 0.05) is 21.1 Å². The standard InChI is InChI=1S/C10H5O2.H3P.W/c11-9-5-6-10(12)8-4-2-1-3-7(8)9;;/h1,3-6H;1H3;/q-1;;. The van der Waals surface area contributed by atoms with Gasteiger partial charge >= 0.3 is 0 Å². The molecule has 2 rings (SSSR count). The number of hydrogen-bond donors (Lipinski definition) is 0. The molecule has 1 aromatic carbocycles. The van der Waals surface area contributed by atoms with Gasteiger partial charge in [-0.1, -0.05) is 11.1 Å². The van der Waals surface area contributed by atoms with Crippen LogP contribution in [0.3, 0.4) is 0 Å². The fraction of sp³-hybridized carbons (Fsp3) is 0. The van der Waals surface area contributed by atoms with Gasteiger partial charge in [-0.25, -0.2) is 0 Å². The third kappa shape index (κ3) is 2.26. The zero-order valence-electron chi connectivity index (χ0n) is 7.32. The Hall–Kier alpha value is -0.582. The largest absolute Gasteiger partial charge is 0.304 e. The van der Waals surface area contributed by atoms with Crippen LogP contribution in [0.15, 0.2) is 30.4 Å². The van der Waals surface area contributed by atoms with E-state index in [1.165, 1.54) is 12.2 Å². The Kier molecular flexibility index (Phi) is 5.11. The summed E-state index contributed by atoms with van der Waals surface area (Å²) in [5, 5.41) is 0. The van der Waals surface area contributed by atoms with Gasteiger partial charge in [0.05, 0.1) is 0 Å². The molecule has 1 aliphatic rings. The van der Waals surface area contributed by atoms with Crippen LogP contribution in [-0.4, -0.2) is 11.6 Å². The molecule has 0 saturated heterocycles. The monoisotopic (exact) mass is 375 g/mol. The summed E-state index contributed by atoms with van der Waals surface area (Å²) in [4.78, 5) is 22.4. The van der Waals surface area contributed by atoms with Crippen molar-refractivity contribution in [1.29, 1.82) is 0 Å². The summed E-state index contributed by atoms with van der Waals surface area (Å²) in [5.41, 5.74) is 0.922. The van der Waals surface area contributed by atoms with Crippen molar-refractivity contribution in [2.75, 3.05) is 0 Å². The third-order valence-corrected chi connectivity index (χ3v) is 1.78. The van der Waals surface area contributed by atoms with E-state index < -0.39 is 0 Å². The number of benzene rings is 1. The van der Waals surface area contributed by atoms with Gasteiger partial charge in [0.25, 0.3) is 0 Å². The van der Waals surface area contributed by atoms with Crippen LogP contribution in [-0.2, 0) is 21.1 Å². The molecule has 0 fully saturated rings. The predicted molar refractivity (Wildman–Crippen MR) is 54.2 cm³/mol. The first-order valence-corrected chi connectivity index (χ1v) is 3.56. The molecule has 0 radical (unpaired) electrons. The molecule has 1 aliphatic carbocycles. The molecule has 72 valence electrons.